The highest BCUT2D eigenvalue weighted by molar-refractivity contribution is 5.35. The van der Waals surface area contributed by atoms with E-state index in [9.17, 15) is 0 Å². The average molecular weight is 307 g/mol. The van der Waals surface area contributed by atoms with E-state index >= 15 is 0 Å². The minimum absolute atomic E-state index is 0.359. The molecule has 23 heavy (non-hydrogen) atoms. The fraction of sp³-hybridized carbons (Fsp3) is 0.429. The summed E-state index contributed by atoms with van der Waals surface area (Å²) >= 11 is 0. The maximum atomic E-state index is 6.20. The molecule has 2 aromatic rings. The average Bonchev–Trinajstić information content (AvgIpc) is 2.63. The molecule has 2 aliphatic rings. The second-order valence-corrected chi connectivity index (χ2v) is 6.87. The molecule has 0 aliphatic carbocycles. The van der Waals surface area contributed by atoms with Gasteiger partial charge in [-0.05, 0) is 61.9 Å². The number of likely N-dealkylation sites (tertiary alicyclic amines) is 1. The fourth-order valence-corrected chi connectivity index (χ4v) is 3.97. The number of rotatable bonds is 3. The Hall–Kier alpha value is -1.80. The molecule has 1 fully saturated rings. The molecule has 0 radical (unpaired) electrons. The second-order valence-electron chi connectivity index (χ2n) is 6.87. The van der Waals surface area contributed by atoms with Crippen LogP contribution in [0.25, 0.3) is 0 Å². The second kappa shape index (κ2) is 6.76. The highest BCUT2D eigenvalue weighted by Crippen LogP contribution is 2.30. The Bertz CT molecular complexity index is 631. The Morgan fingerprint density at radius 2 is 1.61 bits per heavy atom. The van der Waals surface area contributed by atoms with Crippen LogP contribution in [0.1, 0.15) is 36.3 Å². The molecule has 120 valence electrons. The first-order chi connectivity index (χ1) is 11.4. The number of aryl methyl sites for hydroxylation is 1. The number of piperidine rings is 1. The van der Waals surface area contributed by atoms with Crippen LogP contribution in [0.4, 0.5) is 0 Å². The first-order valence-electron chi connectivity index (χ1n) is 8.90. The minimum atomic E-state index is 0.359. The summed E-state index contributed by atoms with van der Waals surface area (Å²) in [5, 5.41) is 0. The van der Waals surface area contributed by atoms with Crippen LogP contribution in [-0.2, 0) is 6.42 Å². The molecule has 1 atom stereocenters. The molecule has 0 amide bonds. The molecular formula is C21H25NO. The molecule has 0 aromatic heterocycles. The van der Waals surface area contributed by atoms with Gasteiger partial charge in [-0.15, -0.1) is 0 Å². The summed E-state index contributed by atoms with van der Waals surface area (Å²) in [6.07, 6.45) is 5.20. The summed E-state index contributed by atoms with van der Waals surface area (Å²) in [5.41, 5.74) is 2.88. The Morgan fingerprint density at radius 1 is 0.870 bits per heavy atom. The zero-order valence-corrected chi connectivity index (χ0v) is 13.7. The summed E-state index contributed by atoms with van der Waals surface area (Å²) < 4.78 is 6.20. The van der Waals surface area contributed by atoms with Crippen molar-refractivity contribution in [3.05, 3.63) is 65.7 Å². The van der Waals surface area contributed by atoms with Gasteiger partial charge in [-0.25, -0.2) is 0 Å². The SMILES string of the molecule is c1ccc(C2CCN(CC3CCc4ccccc4O3)CC2)cc1. The van der Waals surface area contributed by atoms with Crippen LogP contribution in [0.2, 0.25) is 0 Å². The van der Waals surface area contributed by atoms with Gasteiger partial charge in [0.25, 0.3) is 0 Å². The van der Waals surface area contributed by atoms with Crippen molar-refractivity contribution < 1.29 is 4.74 Å². The first-order valence-corrected chi connectivity index (χ1v) is 8.90. The van der Waals surface area contributed by atoms with Crippen molar-refractivity contribution in [1.82, 2.24) is 4.90 Å². The summed E-state index contributed by atoms with van der Waals surface area (Å²) in [4.78, 5) is 2.60. The molecule has 0 spiro atoms. The quantitative estimate of drug-likeness (QED) is 0.840. The van der Waals surface area contributed by atoms with Gasteiger partial charge < -0.3 is 4.74 Å². The van der Waals surface area contributed by atoms with Crippen molar-refractivity contribution in [2.75, 3.05) is 19.6 Å². The van der Waals surface area contributed by atoms with Gasteiger partial charge in [0.1, 0.15) is 11.9 Å². The molecule has 1 unspecified atom stereocenters. The number of fused-ring (bicyclic) bond motifs is 1. The lowest BCUT2D eigenvalue weighted by molar-refractivity contribution is 0.0990. The van der Waals surface area contributed by atoms with Crippen molar-refractivity contribution in [2.24, 2.45) is 0 Å². The summed E-state index contributed by atoms with van der Waals surface area (Å²) in [7, 11) is 0. The van der Waals surface area contributed by atoms with E-state index in [-0.39, 0.29) is 0 Å². The summed E-state index contributed by atoms with van der Waals surface area (Å²) in [6, 6.07) is 19.5. The highest BCUT2D eigenvalue weighted by Gasteiger charge is 2.25. The largest absolute Gasteiger partial charge is 0.489 e. The number of nitrogens with zero attached hydrogens (tertiary/aromatic N) is 1. The highest BCUT2D eigenvalue weighted by atomic mass is 16.5. The lowest BCUT2D eigenvalue weighted by atomic mass is 9.89. The van der Waals surface area contributed by atoms with Gasteiger partial charge in [-0.3, -0.25) is 4.90 Å². The first kappa shape index (κ1) is 14.8. The van der Waals surface area contributed by atoms with E-state index in [4.69, 9.17) is 4.74 Å². The van der Waals surface area contributed by atoms with E-state index < -0.39 is 0 Å². The minimum Gasteiger partial charge on any atom is -0.489 e. The van der Waals surface area contributed by atoms with Crippen LogP contribution in [0.3, 0.4) is 0 Å². The monoisotopic (exact) mass is 307 g/mol. The smallest absolute Gasteiger partial charge is 0.122 e. The van der Waals surface area contributed by atoms with E-state index in [2.05, 4.69) is 59.5 Å². The van der Waals surface area contributed by atoms with Crippen molar-refractivity contribution in [1.29, 1.82) is 0 Å². The zero-order chi connectivity index (χ0) is 15.5. The van der Waals surface area contributed by atoms with Gasteiger partial charge in [0.2, 0.25) is 0 Å². The maximum absolute atomic E-state index is 6.20. The third-order valence-corrected chi connectivity index (χ3v) is 5.32. The lowest BCUT2D eigenvalue weighted by Gasteiger charge is -2.36. The molecule has 0 bridgehead atoms. The normalized spacial score (nSPS) is 22.3. The van der Waals surface area contributed by atoms with Gasteiger partial charge in [0.05, 0.1) is 0 Å². The Morgan fingerprint density at radius 3 is 2.43 bits per heavy atom. The Labute approximate surface area is 139 Å². The van der Waals surface area contributed by atoms with Gasteiger partial charge in [0, 0.05) is 6.54 Å². The van der Waals surface area contributed by atoms with Gasteiger partial charge in [-0.1, -0.05) is 48.5 Å². The van der Waals surface area contributed by atoms with Crippen LogP contribution in [0.5, 0.6) is 5.75 Å². The van der Waals surface area contributed by atoms with Crippen molar-refractivity contribution in [2.45, 2.75) is 37.7 Å². The van der Waals surface area contributed by atoms with Crippen molar-refractivity contribution in [3.63, 3.8) is 0 Å². The van der Waals surface area contributed by atoms with Crippen LogP contribution >= 0.6 is 0 Å². The van der Waals surface area contributed by atoms with Crippen LogP contribution in [0, 0.1) is 0 Å². The van der Waals surface area contributed by atoms with Crippen LogP contribution in [-0.4, -0.2) is 30.6 Å². The third-order valence-electron chi connectivity index (χ3n) is 5.32. The molecule has 2 aliphatic heterocycles. The number of ether oxygens (including phenoxy) is 1. The Kier molecular flexibility index (Phi) is 4.34. The fourth-order valence-electron chi connectivity index (χ4n) is 3.97. The molecule has 2 aromatic carbocycles. The molecule has 2 heterocycles. The summed E-state index contributed by atoms with van der Waals surface area (Å²) in [5.74, 6) is 1.84. The predicted octanol–water partition coefficient (Wildman–Crippen LogP) is 4.26. The maximum Gasteiger partial charge on any atom is 0.122 e. The van der Waals surface area contributed by atoms with E-state index in [1.54, 1.807) is 0 Å². The van der Waals surface area contributed by atoms with E-state index in [1.807, 2.05) is 0 Å². The topological polar surface area (TPSA) is 12.5 Å². The predicted molar refractivity (Wildman–Crippen MR) is 94.0 cm³/mol. The van der Waals surface area contributed by atoms with Gasteiger partial charge >= 0.3 is 0 Å². The molecular weight excluding hydrogens is 282 g/mol. The van der Waals surface area contributed by atoms with Crippen LogP contribution in [0.15, 0.2) is 54.6 Å². The zero-order valence-electron chi connectivity index (χ0n) is 13.7. The number of hydrogen-bond donors (Lipinski definition) is 0. The van der Waals surface area contributed by atoms with E-state index in [1.165, 1.54) is 37.1 Å². The molecule has 2 nitrogen and oxygen atoms in total. The van der Waals surface area contributed by atoms with Gasteiger partial charge in [-0.2, -0.15) is 0 Å². The molecule has 0 N–H and O–H groups in total. The summed E-state index contributed by atoms with van der Waals surface area (Å²) in [6.45, 7) is 3.47. The number of hydrogen-bond acceptors (Lipinski definition) is 2. The molecule has 4 rings (SSSR count). The molecule has 1 saturated heterocycles. The van der Waals surface area contributed by atoms with Crippen molar-refractivity contribution in [3.8, 4) is 5.75 Å². The molecule has 2 heteroatoms. The number of benzene rings is 2. The van der Waals surface area contributed by atoms with Crippen molar-refractivity contribution >= 4 is 0 Å². The van der Waals surface area contributed by atoms with Crippen LogP contribution < -0.4 is 4.74 Å². The lowest BCUT2D eigenvalue weighted by Crippen LogP contribution is -2.41. The number of para-hydroxylation sites is 1. The van der Waals surface area contributed by atoms with Gasteiger partial charge in [0.15, 0.2) is 0 Å². The van der Waals surface area contributed by atoms with E-state index in [0.29, 0.717) is 6.10 Å². The standard InChI is InChI=1S/C21H25NO/c1-2-6-17(7-3-1)18-12-14-22(15-13-18)16-20-11-10-19-8-4-5-9-21(19)23-20/h1-9,18,20H,10-16H2. The third kappa shape index (κ3) is 3.42. The molecule has 0 saturated carbocycles. The Balaban J connectivity index is 1.30. The van der Waals surface area contributed by atoms with E-state index in [0.717, 1.165) is 31.1 Å².